The maximum absolute atomic E-state index is 5.01. The van der Waals surface area contributed by atoms with Crippen LogP contribution in [-0.4, -0.2) is 32.1 Å². The second-order valence-electron chi connectivity index (χ2n) is 3.98. The van der Waals surface area contributed by atoms with Gasteiger partial charge in [0.25, 0.3) is 0 Å². The minimum Gasteiger partial charge on any atom is -0.361 e. The van der Waals surface area contributed by atoms with Gasteiger partial charge in [0.1, 0.15) is 5.76 Å². The van der Waals surface area contributed by atoms with Crippen LogP contribution in [0.15, 0.2) is 16.8 Å². The molecule has 0 unspecified atom stereocenters. The van der Waals surface area contributed by atoms with Crippen LogP contribution in [0.3, 0.4) is 0 Å². The number of aryl methyl sites for hydroxylation is 2. The highest BCUT2D eigenvalue weighted by molar-refractivity contribution is 5.03. The number of rotatable bonds is 4. The van der Waals surface area contributed by atoms with E-state index >= 15 is 0 Å². The van der Waals surface area contributed by atoms with E-state index in [0.29, 0.717) is 0 Å². The SMILES string of the molecule is Cc1cc(CN(C)Cc2cn(C)nn2)no1. The van der Waals surface area contributed by atoms with Gasteiger partial charge >= 0.3 is 0 Å². The fraction of sp³-hybridized carbons (Fsp3) is 0.500. The quantitative estimate of drug-likeness (QED) is 0.762. The molecule has 2 heterocycles. The second-order valence-corrected chi connectivity index (χ2v) is 3.98. The molecule has 0 N–H and O–H groups in total. The molecule has 0 fully saturated rings. The summed E-state index contributed by atoms with van der Waals surface area (Å²) >= 11 is 0. The molecule has 2 rings (SSSR count). The van der Waals surface area contributed by atoms with Crippen molar-refractivity contribution in [3.05, 3.63) is 29.4 Å². The Bertz CT molecular complexity index is 419. The highest BCUT2D eigenvalue weighted by Gasteiger charge is 2.07. The molecule has 6 nitrogen and oxygen atoms in total. The molecule has 0 amide bonds. The zero-order chi connectivity index (χ0) is 11.5. The molecule has 0 radical (unpaired) electrons. The van der Waals surface area contributed by atoms with Crippen molar-refractivity contribution >= 4 is 0 Å². The molecule has 0 aromatic carbocycles. The van der Waals surface area contributed by atoms with E-state index in [1.54, 1.807) is 4.68 Å². The third kappa shape index (κ3) is 2.66. The Morgan fingerprint density at radius 3 is 2.69 bits per heavy atom. The zero-order valence-electron chi connectivity index (χ0n) is 9.71. The van der Waals surface area contributed by atoms with Crippen LogP contribution in [0, 0.1) is 6.92 Å². The summed E-state index contributed by atoms with van der Waals surface area (Å²) in [7, 11) is 3.87. The van der Waals surface area contributed by atoms with Crippen LogP contribution < -0.4 is 0 Å². The number of aromatic nitrogens is 4. The lowest BCUT2D eigenvalue weighted by atomic mass is 10.3. The number of hydrogen-bond donors (Lipinski definition) is 0. The lowest BCUT2D eigenvalue weighted by molar-refractivity contribution is 0.298. The van der Waals surface area contributed by atoms with Crippen molar-refractivity contribution in [2.45, 2.75) is 20.0 Å². The van der Waals surface area contributed by atoms with Crippen LogP contribution in [0.25, 0.3) is 0 Å². The first-order valence-electron chi connectivity index (χ1n) is 5.09. The topological polar surface area (TPSA) is 60.0 Å². The van der Waals surface area contributed by atoms with E-state index in [2.05, 4.69) is 20.4 Å². The van der Waals surface area contributed by atoms with E-state index in [0.717, 1.165) is 30.2 Å². The van der Waals surface area contributed by atoms with Crippen LogP contribution >= 0.6 is 0 Å². The van der Waals surface area contributed by atoms with Gasteiger partial charge in [-0.05, 0) is 14.0 Å². The van der Waals surface area contributed by atoms with Crippen molar-refractivity contribution in [1.82, 2.24) is 25.1 Å². The van der Waals surface area contributed by atoms with Gasteiger partial charge in [-0.2, -0.15) is 0 Å². The molecular weight excluding hydrogens is 206 g/mol. The van der Waals surface area contributed by atoms with Gasteiger partial charge in [0.15, 0.2) is 0 Å². The van der Waals surface area contributed by atoms with Crippen LogP contribution in [-0.2, 0) is 20.1 Å². The minimum atomic E-state index is 0.744. The molecular formula is C10H15N5O. The molecule has 0 aliphatic carbocycles. The Balaban J connectivity index is 1.91. The van der Waals surface area contributed by atoms with E-state index in [1.807, 2.05) is 33.3 Å². The summed E-state index contributed by atoms with van der Waals surface area (Å²) in [4.78, 5) is 2.11. The van der Waals surface area contributed by atoms with Gasteiger partial charge in [-0.15, -0.1) is 5.10 Å². The van der Waals surface area contributed by atoms with Gasteiger partial charge in [-0.3, -0.25) is 9.58 Å². The van der Waals surface area contributed by atoms with Crippen LogP contribution in [0.5, 0.6) is 0 Å². The zero-order valence-corrected chi connectivity index (χ0v) is 9.71. The molecule has 2 aromatic rings. The molecule has 0 bridgehead atoms. The monoisotopic (exact) mass is 221 g/mol. The Hall–Kier alpha value is -1.69. The highest BCUT2D eigenvalue weighted by atomic mass is 16.5. The maximum Gasteiger partial charge on any atom is 0.133 e. The van der Waals surface area contributed by atoms with Crippen molar-refractivity contribution in [3.8, 4) is 0 Å². The molecule has 0 aliphatic heterocycles. The van der Waals surface area contributed by atoms with Gasteiger partial charge in [0.2, 0.25) is 0 Å². The number of nitrogens with zero attached hydrogens (tertiary/aromatic N) is 5. The molecule has 86 valence electrons. The first kappa shape index (κ1) is 10.8. The van der Waals surface area contributed by atoms with Crippen molar-refractivity contribution < 1.29 is 4.52 Å². The van der Waals surface area contributed by atoms with E-state index in [4.69, 9.17) is 4.52 Å². The fourth-order valence-corrected chi connectivity index (χ4v) is 1.57. The summed E-state index contributed by atoms with van der Waals surface area (Å²) in [6.45, 7) is 3.38. The first-order chi connectivity index (χ1) is 7.63. The van der Waals surface area contributed by atoms with Crippen molar-refractivity contribution in [2.75, 3.05) is 7.05 Å². The Morgan fingerprint density at radius 2 is 2.12 bits per heavy atom. The Labute approximate surface area is 93.8 Å². The summed E-state index contributed by atoms with van der Waals surface area (Å²) in [5.74, 6) is 0.836. The predicted octanol–water partition coefficient (Wildman–Crippen LogP) is 0.744. The highest BCUT2D eigenvalue weighted by Crippen LogP contribution is 2.06. The van der Waals surface area contributed by atoms with Gasteiger partial charge in [0.05, 0.1) is 11.4 Å². The molecule has 0 saturated heterocycles. The minimum absolute atomic E-state index is 0.744. The summed E-state index contributed by atoms with van der Waals surface area (Å²) in [6, 6.07) is 1.94. The van der Waals surface area contributed by atoms with E-state index < -0.39 is 0 Å². The molecule has 0 atom stereocenters. The van der Waals surface area contributed by atoms with Crippen LogP contribution in [0.1, 0.15) is 17.1 Å². The standard InChI is InChI=1S/C10H15N5O/c1-8-4-9(12-16-8)5-14(2)6-10-7-15(3)13-11-10/h4,7H,5-6H2,1-3H3. The van der Waals surface area contributed by atoms with Gasteiger partial charge < -0.3 is 4.52 Å². The van der Waals surface area contributed by atoms with Crippen molar-refractivity contribution in [3.63, 3.8) is 0 Å². The fourth-order valence-electron chi connectivity index (χ4n) is 1.57. The van der Waals surface area contributed by atoms with Gasteiger partial charge in [0, 0.05) is 32.4 Å². The Kier molecular flexibility index (Phi) is 3.00. The molecule has 0 aliphatic rings. The van der Waals surface area contributed by atoms with Crippen LogP contribution in [0.2, 0.25) is 0 Å². The third-order valence-electron chi connectivity index (χ3n) is 2.19. The van der Waals surface area contributed by atoms with E-state index in [1.165, 1.54) is 0 Å². The summed E-state index contributed by atoms with van der Waals surface area (Å²) < 4.78 is 6.71. The van der Waals surface area contributed by atoms with Gasteiger partial charge in [-0.1, -0.05) is 10.4 Å². The lowest BCUT2D eigenvalue weighted by Gasteiger charge is -2.12. The maximum atomic E-state index is 5.01. The predicted molar refractivity (Wildman–Crippen MR) is 57.4 cm³/mol. The molecule has 0 spiro atoms. The summed E-state index contributed by atoms with van der Waals surface area (Å²) in [5.41, 5.74) is 1.88. The number of hydrogen-bond acceptors (Lipinski definition) is 5. The van der Waals surface area contributed by atoms with Crippen molar-refractivity contribution in [1.29, 1.82) is 0 Å². The third-order valence-corrected chi connectivity index (χ3v) is 2.19. The molecule has 0 saturated carbocycles. The average molecular weight is 221 g/mol. The van der Waals surface area contributed by atoms with Crippen LogP contribution in [0.4, 0.5) is 0 Å². The van der Waals surface area contributed by atoms with Crippen molar-refractivity contribution in [2.24, 2.45) is 7.05 Å². The molecule has 2 aromatic heterocycles. The second kappa shape index (κ2) is 4.44. The normalized spacial score (nSPS) is 11.2. The Morgan fingerprint density at radius 1 is 1.38 bits per heavy atom. The lowest BCUT2D eigenvalue weighted by Crippen LogP contribution is -2.17. The summed E-state index contributed by atoms with van der Waals surface area (Å²) in [5, 5.41) is 11.9. The van der Waals surface area contributed by atoms with E-state index in [-0.39, 0.29) is 0 Å². The largest absolute Gasteiger partial charge is 0.361 e. The first-order valence-corrected chi connectivity index (χ1v) is 5.09. The molecule has 6 heteroatoms. The summed E-state index contributed by atoms with van der Waals surface area (Å²) in [6.07, 6.45) is 1.91. The molecule has 16 heavy (non-hydrogen) atoms. The average Bonchev–Trinajstić information content (AvgIpc) is 2.76. The van der Waals surface area contributed by atoms with Gasteiger partial charge in [-0.25, -0.2) is 0 Å². The van der Waals surface area contributed by atoms with E-state index in [9.17, 15) is 0 Å². The smallest absolute Gasteiger partial charge is 0.133 e.